The fourth-order valence-electron chi connectivity index (χ4n) is 4.14. The molecular weight excluding hydrogens is 563 g/mol. The van der Waals surface area contributed by atoms with E-state index in [1.54, 1.807) is 18.2 Å². The van der Waals surface area contributed by atoms with Gasteiger partial charge in [0.1, 0.15) is 0 Å². The van der Waals surface area contributed by atoms with Crippen LogP contribution in [0, 0.1) is 0 Å². The van der Waals surface area contributed by atoms with E-state index < -0.39 is 17.9 Å². The van der Waals surface area contributed by atoms with Crippen LogP contribution in [0.5, 0.6) is 0 Å². The molecule has 0 radical (unpaired) electrons. The third-order valence-corrected chi connectivity index (χ3v) is 7.00. The smallest absolute Gasteiger partial charge is 0.328 e. The number of hydrogen-bond donors (Lipinski definition) is 2. The number of carbonyl (C=O) groups excluding carboxylic acids is 1. The van der Waals surface area contributed by atoms with Crippen molar-refractivity contribution >= 4 is 35.1 Å². The van der Waals surface area contributed by atoms with Crippen LogP contribution in [0.25, 0.3) is 33.9 Å². The molecule has 4 aromatic carbocycles. The monoisotopic (exact) mass is 586 g/mol. The highest BCUT2D eigenvalue weighted by atomic mass is 35.5. The molecule has 1 heterocycles. The van der Waals surface area contributed by atoms with Crippen molar-refractivity contribution in [2.24, 2.45) is 0 Å². The standard InChI is InChI=1S/C32H24Cl2N2O5/c33-25-16-15-24(17-26(25)34)29-28(30(37)35-27(32(38)39)19-40-18-20-7-3-1-4-8-20)36-31(41-29)23-13-11-22(12-14-23)21-9-5-2-6-10-21/h1-17,27H,18-19H2,(H,35,37)(H,38,39)/t27-/m0/s1. The molecule has 2 N–H and O–H groups in total. The van der Waals surface area contributed by atoms with E-state index in [1.165, 1.54) is 0 Å². The van der Waals surface area contributed by atoms with Crippen LogP contribution < -0.4 is 5.32 Å². The first-order valence-electron chi connectivity index (χ1n) is 12.7. The van der Waals surface area contributed by atoms with Crippen molar-refractivity contribution in [3.8, 4) is 33.9 Å². The van der Waals surface area contributed by atoms with Crippen molar-refractivity contribution in [2.75, 3.05) is 6.61 Å². The summed E-state index contributed by atoms with van der Waals surface area (Å²) in [6.45, 7) is -0.0498. The summed E-state index contributed by atoms with van der Waals surface area (Å²) in [6, 6.07) is 30.2. The molecule has 7 nitrogen and oxygen atoms in total. The predicted octanol–water partition coefficient (Wildman–Crippen LogP) is 7.38. The molecule has 41 heavy (non-hydrogen) atoms. The number of carboxylic acids is 1. The van der Waals surface area contributed by atoms with Gasteiger partial charge in [-0.2, -0.15) is 0 Å². The summed E-state index contributed by atoms with van der Waals surface area (Å²) < 4.78 is 11.7. The molecule has 0 fully saturated rings. The number of aliphatic carboxylic acids is 1. The summed E-state index contributed by atoms with van der Waals surface area (Å²) in [7, 11) is 0. The fourth-order valence-corrected chi connectivity index (χ4v) is 4.43. The van der Waals surface area contributed by atoms with Crippen LogP contribution in [0.4, 0.5) is 0 Å². The molecule has 0 aliphatic heterocycles. The molecule has 0 bridgehead atoms. The Morgan fingerprint density at radius 2 is 1.41 bits per heavy atom. The summed E-state index contributed by atoms with van der Waals surface area (Å²) in [4.78, 5) is 29.8. The second kappa shape index (κ2) is 12.8. The zero-order valence-corrected chi connectivity index (χ0v) is 23.1. The molecule has 0 aliphatic carbocycles. The van der Waals surface area contributed by atoms with Gasteiger partial charge in [0.25, 0.3) is 5.91 Å². The third-order valence-electron chi connectivity index (χ3n) is 6.26. The van der Waals surface area contributed by atoms with Crippen molar-refractivity contribution < 1.29 is 23.8 Å². The summed E-state index contributed by atoms with van der Waals surface area (Å²) in [6.07, 6.45) is 0. The lowest BCUT2D eigenvalue weighted by atomic mass is 10.0. The molecule has 0 unspecified atom stereocenters. The number of carbonyl (C=O) groups is 2. The molecule has 0 aliphatic rings. The normalized spacial score (nSPS) is 11.7. The van der Waals surface area contributed by atoms with Gasteiger partial charge in [-0.05, 0) is 47.0 Å². The van der Waals surface area contributed by atoms with Crippen LogP contribution in [0.3, 0.4) is 0 Å². The number of halogens is 2. The number of amides is 1. The zero-order chi connectivity index (χ0) is 28.8. The first-order valence-corrected chi connectivity index (χ1v) is 13.4. The molecule has 206 valence electrons. The Hall–Kier alpha value is -4.43. The van der Waals surface area contributed by atoms with Gasteiger partial charge in [-0.3, -0.25) is 4.79 Å². The number of benzene rings is 4. The number of nitrogens with one attached hydrogen (secondary N) is 1. The molecule has 9 heteroatoms. The minimum Gasteiger partial charge on any atom is -0.480 e. The summed E-state index contributed by atoms with van der Waals surface area (Å²) in [5.74, 6) is -1.68. The number of carboxylic acid groups (broad SMARTS) is 1. The molecular formula is C32H24Cl2N2O5. The lowest BCUT2D eigenvalue weighted by Crippen LogP contribution is -2.44. The van der Waals surface area contributed by atoms with E-state index in [9.17, 15) is 14.7 Å². The third kappa shape index (κ3) is 6.84. The van der Waals surface area contributed by atoms with Gasteiger partial charge in [-0.25, -0.2) is 9.78 Å². The van der Waals surface area contributed by atoms with E-state index in [0.717, 1.165) is 16.7 Å². The van der Waals surface area contributed by atoms with Crippen molar-refractivity contribution in [2.45, 2.75) is 12.6 Å². The topological polar surface area (TPSA) is 102 Å². The van der Waals surface area contributed by atoms with Gasteiger partial charge in [-0.1, -0.05) is 96.0 Å². The van der Waals surface area contributed by atoms with Gasteiger partial charge in [0, 0.05) is 11.1 Å². The van der Waals surface area contributed by atoms with Crippen LogP contribution in [-0.2, 0) is 16.1 Å². The second-order valence-electron chi connectivity index (χ2n) is 9.13. The van der Waals surface area contributed by atoms with Gasteiger partial charge in [0.05, 0.1) is 23.3 Å². The number of aromatic nitrogens is 1. The summed E-state index contributed by atoms with van der Waals surface area (Å²) >= 11 is 12.3. The predicted molar refractivity (Wildman–Crippen MR) is 158 cm³/mol. The maximum atomic E-state index is 13.4. The Bertz CT molecular complexity index is 1660. The van der Waals surface area contributed by atoms with Gasteiger partial charge in [-0.15, -0.1) is 0 Å². The highest BCUT2D eigenvalue weighted by molar-refractivity contribution is 6.42. The SMILES string of the molecule is O=C(N[C@@H](COCc1ccccc1)C(=O)O)c1nc(-c2ccc(-c3ccccc3)cc2)oc1-c1ccc(Cl)c(Cl)c1. The van der Waals surface area contributed by atoms with Crippen LogP contribution in [0.2, 0.25) is 10.0 Å². The van der Waals surface area contributed by atoms with E-state index in [1.807, 2.05) is 84.9 Å². The van der Waals surface area contributed by atoms with E-state index in [2.05, 4.69) is 10.3 Å². The summed E-state index contributed by atoms with van der Waals surface area (Å²) in [5, 5.41) is 12.9. The van der Waals surface area contributed by atoms with E-state index in [0.29, 0.717) is 16.1 Å². The Morgan fingerprint density at radius 1 is 0.805 bits per heavy atom. The maximum absolute atomic E-state index is 13.4. The number of ether oxygens (including phenoxy) is 1. The van der Waals surface area contributed by atoms with E-state index in [-0.39, 0.29) is 35.6 Å². The van der Waals surface area contributed by atoms with Gasteiger partial charge in [0.2, 0.25) is 5.89 Å². The molecule has 1 amide bonds. The van der Waals surface area contributed by atoms with Gasteiger partial charge >= 0.3 is 5.97 Å². The molecule has 5 aromatic rings. The Kier molecular flexibility index (Phi) is 8.79. The van der Waals surface area contributed by atoms with Crippen molar-refractivity contribution in [1.29, 1.82) is 0 Å². The van der Waals surface area contributed by atoms with E-state index >= 15 is 0 Å². The average Bonchev–Trinajstić information content (AvgIpc) is 3.45. The molecule has 1 atom stereocenters. The van der Waals surface area contributed by atoms with E-state index in [4.69, 9.17) is 32.4 Å². The van der Waals surface area contributed by atoms with Crippen LogP contribution in [-0.4, -0.2) is 34.6 Å². The Labute approximate surface area is 246 Å². The lowest BCUT2D eigenvalue weighted by Gasteiger charge is -2.14. The fraction of sp³-hybridized carbons (Fsp3) is 0.0938. The van der Waals surface area contributed by atoms with Gasteiger partial charge < -0.3 is 19.6 Å². The Balaban J connectivity index is 1.42. The number of rotatable bonds is 10. The molecule has 5 rings (SSSR count). The zero-order valence-electron chi connectivity index (χ0n) is 21.6. The Morgan fingerprint density at radius 3 is 2.07 bits per heavy atom. The second-order valence-corrected chi connectivity index (χ2v) is 9.95. The van der Waals surface area contributed by atoms with Crippen molar-refractivity contribution in [1.82, 2.24) is 10.3 Å². The highest BCUT2D eigenvalue weighted by Gasteiger charge is 2.27. The van der Waals surface area contributed by atoms with Crippen molar-refractivity contribution in [3.63, 3.8) is 0 Å². The first-order chi connectivity index (χ1) is 19.9. The van der Waals surface area contributed by atoms with Crippen LogP contribution in [0.1, 0.15) is 16.1 Å². The number of hydrogen-bond acceptors (Lipinski definition) is 5. The minimum absolute atomic E-state index is 0.0974. The van der Waals surface area contributed by atoms with Crippen LogP contribution >= 0.6 is 23.2 Å². The number of nitrogens with zero attached hydrogens (tertiary/aromatic N) is 1. The average molecular weight is 587 g/mol. The molecule has 1 aromatic heterocycles. The number of oxazole rings is 1. The largest absolute Gasteiger partial charge is 0.480 e. The minimum atomic E-state index is -1.32. The molecule has 0 saturated heterocycles. The molecule has 0 spiro atoms. The van der Waals surface area contributed by atoms with Crippen molar-refractivity contribution in [3.05, 3.63) is 124 Å². The first kappa shape index (κ1) is 28.1. The quantitative estimate of drug-likeness (QED) is 0.177. The summed E-state index contributed by atoms with van der Waals surface area (Å²) in [5.41, 5.74) is 3.92. The lowest BCUT2D eigenvalue weighted by molar-refractivity contribution is -0.141. The van der Waals surface area contributed by atoms with Crippen LogP contribution in [0.15, 0.2) is 108 Å². The maximum Gasteiger partial charge on any atom is 0.328 e. The molecule has 0 saturated carbocycles. The van der Waals surface area contributed by atoms with Gasteiger partial charge in [0.15, 0.2) is 17.5 Å². The highest BCUT2D eigenvalue weighted by Crippen LogP contribution is 2.34.